The number of rotatable bonds is 6. The quantitative estimate of drug-likeness (QED) is 0.421. The molecule has 0 bridgehead atoms. The fourth-order valence-electron chi connectivity index (χ4n) is 8.72. The van der Waals surface area contributed by atoms with Gasteiger partial charge in [0.05, 0.1) is 16.5 Å². The molecule has 3 saturated carbocycles. The van der Waals surface area contributed by atoms with E-state index in [1.54, 1.807) is 12.2 Å². The molecule has 1 aromatic heterocycles. The molecule has 6 heteroatoms. The number of thiophene rings is 1. The predicted octanol–water partition coefficient (Wildman–Crippen LogP) is 6.89. The van der Waals surface area contributed by atoms with Gasteiger partial charge in [0.2, 0.25) is 5.91 Å². The van der Waals surface area contributed by atoms with Gasteiger partial charge in [-0.05, 0) is 97.8 Å². The molecule has 4 aliphatic rings. The van der Waals surface area contributed by atoms with Crippen molar-refractivity contribution in [3.8, 4) is 0 Å². The molecule has 1 aromatic rings. The van der Waals surface area contributed by atoms with E-state index in [1.807, 2.05) is 12.1 Å². The molecule has 0 spiro atoms. The number of hydrogen-bond acceptors (Lipinski definition) is 4. The molecule has 4 nitrogen and oxygen atoms in total. The van der Waals surface area contributed by atoms with Crippen molar-refractivity contribution in [2.75, 3.05) is 0 Å². The van der Waals surface area contributed by atoms with Crippen molar-refractivity contribution in [1.29, 1.82) is 0 Å². The van der Waals surface area contributed by atoms with Gasteiger partial charge < -0.3 is 10.4 Å². The summed E-state index contributed by atoms with van der Waals surface area (Å²) >= 11 is 7.67. The van der Waals surface area contributed by atoms with Gasteiger partial charge in [0.1, 0.15) is 0 Å². The second-order valence-corrected chi connectivity index (χ2v) is 14.1. The van der Waals surface area contributed by atoms with Gasteiger partial charge in [0.25, 0.3) is 0 Å². The molecule has 36 heavy (non-hydrogen) atoms. The van der Waals surface area contributed by atoms with Crippen LogP contribution in [0.3, 0.4) is 0 Å². The second kappa shape index (κ2) is 9.71. The van der Waals surface area contributed by atoms with E-state index in [4.69, 9.17) is 11.6 Å². The van der Waals surface area contributed by atoms with Crippen LogP contribution < -0.4 is 5.32 Å². The van der Waals surface area contributed by atoms with Crippen LogP contribution in [-0.2, 0) is 9.59 Å². The minimum atomic E-state index is -0.390. The highest BCUT2D eigenvalue weighted by atomic mass is 35.5. The first kappa shape index (κ1) is 26.2. The minimum absolute atomic E-state index is 0.0142. The number of halogens is 1. The monoisotopic (exact) mass is 529 g/mol. The third-order valence-corrected chi connectivity index (χ3v) is 11.9. The van der Waals surface area contributed by atoms with E-state index >= 15 is 0 Å². The van der Waals surface area contributed by atoms with Gasteiger partial charge in [0.15, 0.2) is 5.78 Å². The van der Waals surface area contributed by atoms with Crippen molar-refractivity contribution in [1.82, 2.24) is 5.32 Å². The SMILES string of the molecule is CC[C@@H](NC(=O)C[C@@H](C)[C@H]1CC[C@H]2[C@@H]3[C@H](O)CC4=CC(=O)C=C[C@]4(C)[C@H]3CC[C@]12C)c1ccc(Cl)s1. The van der Waals surface area contributed by atoms with Gasteiger partial charge in [-0.3, -0.25) is 9.59 Å². The third-order valence-electron chi connectivity index (χ3n) is 10.5. The van der Waals surface area contributed by atoms with Gasteiger partial charge in [-0.2, -0.15) is 0 Å². The highest BCUT2D eigenvalue weighted by Crippen LogP contribution is 2.67. The van der Waals surface area contributed by atoms with Crippen molar-refractivity contribution >= 4 is 34.6 Å². The summed E-state index contributed by atoms with van der Waals surface area (Å²) in [5.74, 6) is 2.03. The third kappa shape index (κ3) is 4.33. The van der Waals surface area contributed by atoms with Crippen LogP contribution in [-0.4, -0.2) is 22.9 Å². The lowest BCUT2D eigenvalue weighted by molar-refractivity contribution is -0.125. The number of nitrogens with one attached hydrogen (secondary N) is 1. The molecule has 0 aliphatic heterocycles. The Balaban J connectivity index is 1.29. The summed E-state index contributed by atoms with van der Waals surface area (Å²) in [6.07, 6.45) is 11.7. The highest BCUT2D eigenvalue weighted by molar-refractivity contribution is 7.16. The number of aliphatic hydroxyl groups excluding tert-OH is 1. The summed E-state index contributed by atoms with van der Waals surface area (Å²) in [6.45, 7) is 9.06. The van der Waals surface area contributed by atoms with Crippen molar-refractivity contribution in [3.05, 3.63) is 45.1 Å². The van der Waals surface area contributed by atoms with Crippen molar-refractivity contribution in [2.45, 2.75) is 84.8 Å². The number of allylic oxidation sites excluding steroid dienone is 3. The summed E-state index contributed by atoms with van der Waals surface area (Å²) in [5, 5.41) is 14.6. The highest BCUT2D eigenvalue weighted by Gasteiger charge is 2.61. The van der Waals surface area contributed by atoms with Crippen LogP contribution in [0.15, 0.2) is 35.9 Å². The van der Waals surface area contributed by atoms with Crippen molar-refractivity contribution in [2.24, 2.45) is 40.4 Å². The second-order valence-electron chi connectivity index (χ2n) is 12.3. The lowest BCUT2D eigenvalue weighted by Crippen LogP contribution is -2.55. The molecule has 196 valence electrons. The summed E-state index contributed by atoms with van der Waals surface area (Å²) in [5.41, 5.74) is 1.13. The average Bonchev–Trinajstić information content (AvgIpc) is 3.41. The topological polar surface area (TPSA) is 66.4 Å². The number of carbonyl (C=O) groups excluding carboxylic acids is 2. The number of amides is 1. The zero-order valence-electron chi connectivity index (χ0n) is 21.9. The van der Waals surface area contributed by atoms with Crippen LogP contribution in [0.4, 0.5) is 0 Å². The summed E-state index contributed by atoms with van der Waals surface area (Å²) in [4.78, 5) is 26.3. The lowest BCUT2D eigenvalue weighted by Gasteiger charge is -2.58. The Morgan fingerprint density at radius 3 is 2.72 bits per heavy atom. The first-order chi connectivity index (χ1) is 17.1. The molecule has 0 saturated heterocycles. The number of fused-ring (bicyclic) bond motifs is 5. The van der Waals surface area contributed by atoms with Gasteiger partial charge in [-0.15, -0.1) is 11.3 Å². The van der Waals surface area contributed by atoms with Crippen molar-refractivity contribution < 1.29 is 14.7 Å². The van der Waals surface area contributed by atoms with E-state index in [0.717, 1.165) is 46.9 Å². The molecular weight excluding hydrogens is 490 g/mol. The molecule has 1 heterocycles. The Labute approximate surface area is 224 Å². The van der Waals surface area contributed by atoms with Crippen LogP contribution in [0.25, 0.3) is 0 Å². The number of carbonyl (C=O) groups is 2. The van der Waals surface area contributed by atoms with Gasteiger partial charge in [-0.25, -0.2) is 0 Å². The molecule has 1 amide bonds. The number of ketones is 1. The normalized spacial score (nSPS) is 39.0. The smallest absolute Gasteiger partial charge is 0.220 e. The molecule has 5 rings (SSSR count). The Hall–Kier alpha value is -1.43. The maximum atomic E-state index is 13.1. The molecule has 0 aromatic carbocycles. The minimum Gasteiger partial charge on any atom is -0.392 e. The van der Waals surface area contributed by atoms with Gasteiger partial charge >= 0.3 is 0 Å². The van der Waals surface area contributed by atoms with E-state index < -0.39 is 6.10 Å². The van der Waals surface area contributed by atoms with E-state index in [2.05, 4.69) is 39.1 Å². The summed E-state index contributed by atoms with van der Waals surface area (Å²) < 4.78 is 0.753. The zero-order valence-corrected chi connectivity index (χ0v) is 23.5. The molecule has 0 radical (unpaired) electrons. The van der Waals surface area contributed by atoms with Gasteiger partial charge in [-0.1, -0.05) is 50.9 Å². The molecule has 3 fully saturated rings. The number of aliphatic hydroxyl groups is 1. The molecule has 2 N–H and O–H groups in total. The summed E-state index contributed by atoms with van der Waals surface area (Å²) in [6, 6.07) is 3.93. The van der Waals surface area contributed by atoms with Crippen molar-refractivity contribution in [3.63, 3.8) is 0 Å². The first-order valence-corrected chi connectivity index (χ1v) is 14.9. The fraction of sp³-hybridized carbons (Fsp3) is 0.667. The van der Waals surface area contributed by atoms with E-state index in [-0.39, 0.29) is 34.5 Å². The molecule has 4 aliphatic carbocycles. The van der Waals surface area contributed by atoms with E-state index in [1.165, 1.54) is 11.3 Å². The molecule has 9 atom stereocenters. The Kier molecular flexibility index (Phi) is 7.06. The van der Waals surface area contributed by atoms with E-state index in [0.29, 0.717) is 36.5 Å². The Bertz CT molecular complexity index is 1090. The van der Waals surface area contributed by atoms with E-state index in [9.17, 15) is 14.7 Å². The van der Waals surface area contributed by atoms with Gasteiger partial charge in [0, 0.05) is 16.7 Å². The zero-order chi connectivity index (χ0) is 25.8. The average molecular weight is 530 g/mol. The van der Waals surface area contributed by atoms with Crippen LogP contribution in [0.2, 0.25) is 4.34 Å². The Morgan fingerprint density at radius 2 is 2.03 bits per heavy atom. The van der Waals surface area contributed by atoms with Crippen LogP contribution >= 0.6 is 22.9 Å². The largest absolute Gasteiger partial charge is 0.392 e. The molecule has 0 unspecified atom stereocenters. The Morgan fingerprint density at radius 1 is 1.25 bits per heavy atom. The van der Waals surface area contributed by atoms with Crippen LogP contribution in [0.5, 0.6) is 0 Å². The maximum Gasteiger partial charge on any atom is 0.220 e. The summed E-state index contributed by atoms with van der Waals surface area (Å²) in [7, 11) is 0. The number of hydrogen-bond donors (Lipinski definition) is 2. The maximum absolute atomic E-state index is 13.1. The van der Waals surface area contributed by atoms with Crippen LogP contribution in [0, 0.1) is 40.4 Å². The first-order valence-electron chi connectivity index (χ1n) is 13.7. The standard InChI is InChI=1S/C30H40ClNO3S/c1-5-23(25-8-9-26(31)36-25)32-27(35)14-17(2)20-6-7-21-28-22(11-13-30(20,21)4)29(3)12-10-19(33)15-18(29)16-24(28)34/h8-10,12,15,17,20-24,28,34H,5-7,11,13-14,16H2,1-4H3,(H,32,35)/t17-,20-,21+,22+,23-,24-,28+,29+,30-/m1/s1. The molecular formula is C30H40ClNO3S. The fourth-order valence-corrected chi connectivity index (χ4v) is 9.92. The van der Waals surface area contributed by atoms with Crippen LogP contribution in [0.1, 0.15) is 83.6 Å². The predicted molar refractivity (Wildman–Crippen MR) is 146 cm³/mol. The lowest BCUT2D eigenvalue weighted by atomic mass is 9.46.